The van der Waals surface area contributed by atoms with Crippen molar-refractivity contribution in [2.45, 2.75) is 72.6 Å². The van der Waals surface area contributed by atoms with Crippen molar-refractivity contribution in [3.05, 3.63) is 87.5 Å². The molecule has 0 fully saturated rings. The third kappa shape index (κ3) is 3.90. The smallest absolute Gasteiger partial charge is 0.127 e. The van der Waals surface area contributed by atoms with E-state index in [9.17, 15) is 5.11 Å². The molecule has 32 heavy (non-hydrogen) atoms. The Balaban J connectivity index is 1.94. The van der Waals surface area contributed by atoms with E-state index in [1.165, 1.54) is 39.0 Å². The number of aromatic hydroxyl groups is 1. The first-order valence-electron chi connectivity index (χ1n) is 11.7. The molecule has 0 aromatic heterocycles. The van der Waals surface area contributed by atoms with Gasteiger partial charge in [0.2, 0.25) is 0 Å². The van der Waals surface area contributed by atoms with Crippen molar-refractivity contribution in [2.75, 3.05) is 0 Å². The zero-order chi connectivity index (χ0) is 23.4. The molecule has 0 saturated heterocycles. The number of allylic oxidation sites excluding steroid dienone is 1. The fraction of sp³-hybridized carbons (Fsp3) is 0.355. The third-order valence-electron chi connectivity index (χ3n) is 6.84. The van der Waals surface area contributed by atoms with Gasteiger partial charge in [0, 0.05) is 11.1 Å². The van der Waals surface area contributed by atoms with E-state index in [-0.39, 0.29) is 10.8 Å². The fourth-order valence-corrected chi connectivity index (χ4v) is 4.76. The molecule has 0 atom stereocenters. The van der Waals surface area contributed by atoms with Crippen molar-refractivity contribution in [1.29, 1.82) is 0 Å². The van der Waals surface area contributed by atoms with Gasteiger partial charge in [-0.25, -0.2) is 0 Å². The molecule has 1 N–H and O–H groups in total. The number of aryl methyl sites for hydroxylation is 2. The molecule has 1 heteroatoms. The average Bonchev–Trinajstić information content (AvgIpc) is 3.16. The van der Waals surface area contributed by atoms with Crippen LogP contribution in [-0.2, 0) is 17.3 Å². The topological polar surface area (TPSA) is 20.2 Å². The molecule has 166 valence electrons. The SMILES string of the molecule is Cc1ccc(C)c2c1C=C(c1ccccc1-c1cc(C(C)(C)C)cc(C(C)(C)C)c1O)C2. The van der Waals surface area contributed by atoms with Crippen molar-refractivity contribution < 1.29 is 5.11 Å². The van der Waals surface area contributed by atoms with Gasteiger partial charge < -0.3 is 5.11 Å². The monoisotopic (exact) mass is 424 g/mol. The predicted octanol–water partition coefficient (Wildman–Crippen LogP) is 8.37. The number of hydrogen-bond acceptors (Lipinski definition) is 1. The van der Waals surface area contributed by atoms with E-state index < -0.39 is 0 Å². The highest BCUT2D eigenvalue weighted by Gasteiger charge is 2.27. The van der Waals surface area contributed by atoms with Crippen molar-refractivity contribution in [3.8, 4) is 16.9 Å². The lowest BCUT2D eigenvalue weighted by Crippen LogP contribution is -2.17. The van der Waals surface area contributed by atoms with E-state index in [2.05, 4.69) is 110 Å². The van der Waals surface area contributed by atoms with E-state index in [0.29, 0.717) is 5.75 Å². The minimum atomic E-state index is -0.147. The zero-order valence-electron chi connectivity index (χ0n) is 20.9. The Morgan fingerprint density at radius 1 is 0.719 bits per heavy atom. The molecular formula is C31H36O. The number of phenolic OH excluding ortho intramolecular Hbond substituents is 1. The number of phenols is 1. The molecule has 0 amide bonds. The second-order valence-corrected chi connectivity index (χ2v) is 11.4. The van der Waals surface area contributed by atoms with E-state index in [1.54, 1.807) is 0 Å². The lowest BCUT2D eigenvalue weighted by atomic mass is 9.77. The summed E-state index contributed by atoms with van der Waals surface area (Å²) in [5.74, 6) is 0.404. The van der Waals surface area contributed by atoms with Gasteiger partial charge in [0.05, 0.1) is 0 Å². The van der Waals surface area contributed by atoms with Crippen LogP contribution in [0.1, 0.15) is 80.5 Å². The van der Waals surface area contributed by atoms with Crippen LogP contribution < -0.4 is 0 Å². The number of fused-ring (bicyclic) bond motifs is 1. The van der Waals surface area contributed by atoms with Gasteiger partial charge in [0.15, 0.2) is 0 Å². The summed E-state index contributed by atoms with van der Waals surface area (Å²) in [7, 11) is 0. The van der Waals surface area contributed by atoms with Gasteiger partial charge in [-0.2, -0.15) is 0 Å². The summed E-state index contributed by atoms with van der Waals surface area (Å²) in [5, 5.41) is 11.5. The van der Waals surface area contributed by atoms with Crippen LogP contribution in [0.2, 0.25) is 0 Å². The molecular weight excluding hydrogens is 388 g/mol. The summed E-state index contributed by atoms with van der Waals surface area (Å²) in [5.41, 5.74) is 12.1. The molecule has 3 aromatic rings. The second kappa shape index (κ2) is 7.66. The van der Waals surface area contributed by atoms with Crippen LogP contribution >= 0.6 is 0 Å². The Bertz CT molecular complexity index is 1230. The Morgan fingerprint density at radius 3 is 1.94 bits per heavy atom. The maximum atomic E-state index is 11.5. The highest BCUT2D eigenvalue weighted by atomic mass is 16.3. The molecule has 0 radical (unpaired) electrons. The van der Waals surface area contributed by atoms with Crippen LogP contribution in [0.3, 0.4) is 0 Å². The van der Waals surface area contributed by atoms with E-state index >= 15 is 0 Å². The summed E-state index contributed by atoms with van der Waals surface area (Å²) in [6.07, 6.45) is 3.29. The molecule has 1 aliphatic carbocycles. The normalized spacial score (nSPS) is 13.8. The van der Waals surface area contributed by atoms with Gasteiger partial charge in [0.25, 0.3) is 0 Å². The number of benzene rings is 3. The number of rotatable bonds is 2. The Labute approximate surface area is 193 Å². The van der Waals surface area contributed by atoms with Crippen molar-refractivity contribution in [2.24, 2.45) is 0 Å². The molecule has 3 aromatic carbocycles. The first-order chi connectivity index (χ1) is 14.9. The van der Waals surface area contributed by atoms with Crippen molar-refractivity contribution >= 4 is 11.6 Å². The lowest BCUT2D eigenvalue weighted by Gasteiger charge is -2.28. The van der Waals surface area contributed by atoms with Gasteiger partial charge in [0.1, 0.15) is 5.75 Å². The molecule has 0 saturated carbocycles. The molecule has 0 aliphatic heterocycles. The minimum Gasteiger partial charge on any atom is -0.507 e. The highest BCUT2D eigenvalue weighted by Crippen LogP contribution is 2.45. The summed E-state index contributed by atoms with van der Waals surface area (Å²) < 4.78 is 0. The number of hydrogen-bond donors (Lipinski definition) is 1. The standard InChI is InChI=1S/C31H36O/c1-19-13-14-20(2)26-16-21(15-25(19)26)23-11-9-10-12-24(23)27-17-22(30(3,4)5)18-28(29(27)32)31(6,7)8/h9-15,17-18,32H,16H2,1-8H3. The summed E-state index contributed by atoms with van der Waals surface area (Å²) >= 11 is 0. The van der Waals surface area contributed by atoms with Gasteiger partial charge in [-0.15, -0.1) is 0 Å². The van der Waals surface area contributed by atoms with E-state index in [1.807, 2.05) is 0 Å². The van der Waals surface area contributed by atoms with Crippen LogP contribution in [0.4, 0.5) is 0 Å². The first-order valence-corrected chi connectivity index (χ1v) is 11.7. The molecule has 0 spiro atoms. The Morgan fingerprint density at radius 2 is 1.34 bits per heavy atom. The Kier molecular flexibility index (Phi) is 5.36. The summed E-state index contributed by atoms with van der Waals surface area (Å²) in [6, 6.07) is 17.4. The first kappa shape index (κ1) is 22.4. The maximum Gasteiger partial charge on any atom is 0.127 e. The summed E-state index contributed by atoms with van der Waals surface area (Å²) in [4.78, 5) is 0. The summed E-state index contributed by atoms with van der Waals surface area (Å²) in [6.45, 7) is 17.6. The Hall–Kier alpha value is -2.80. The highest BCUT2D eigenvalue weighted by molar-refractivity contribution is 5.95. The second-order valence-electron chi connectivity index (χ2n) is 11.4. The van der Waals surface area contributed by atoms with Crippen LogP contribution in [0.15, 0.2) is 48.5 Å². The van der Waals surface area contributed by atoms with Gasteiger partial charge in [-0.3, -0.25) is 0 Å². The molecule has 1 nitrogen and oxygen atoms in total. The van der Waals surface area contributed by atoms with Crippen LogP contribution in [0.25, 0.3) is 22.8 Å². The molecule has 4 rings (SSSR count). The quantitative estimate of drug-likeness (QED) is 0.438. The largest absolute Gasteiger partial charge is 0.507 e. The van der Waals surface area contributed by atoms with E-state index in [4.69, 9.17) is 0 Å². The van der Waals surface area contributed by atoms with Gasteiger partial charge >= 0.3 is 0 Å². The lowest BCUT2D eigenvalue weighted by molar-refractivity contribution is 0.446. The minimum absolute atomic E-state index is 0.00548. The fourth-order valence-electron chi connectivity index (χ4n) is 4.76. The van der Waals surface area contributed by atoms with Crippen LogP contribution in [-0.4, -0.2) is 5.11 Å². The average molecular weight is 425 g/mol. The third-order valence-corrected chi connectivity index (χ3v) is 6.84. The van der Waals surface area contributed by atoms with Crippen molar-refractivity contribution in [3.63, 3.8) is 0 Å². The molecule has 1 aliphatic rings. The molecule has 0 bridgehead atoms. The van der Waals surface area contributed by atoms with Crippen LogP contribution in [0.5, 0.6) is 5.75 Å². The van der Waals surface area contributed by atoms with Gasteiger partial charge in [-0.05, 0) is 81.7 Å². The predicted molar refractivity (Wildman–Crippen MR) is 138 cm³/mol. The molecule has 0 unspecified atom stereocenters. The zero-order valence-corrected chi connectivity index (χ0v) is 20.9. The van der Waals surface area contributed by atoms with E-state index in [0.717, 1.165) is 23.1 Å². The van der Waals surface area contributed by atoms with Crippen molar-refractivity contribution in [1.82, 2.24) is 0 Å². The molecule has 0 heterocycles. The van der Waals surface area contributed by atoms with Gasteiger partial charge in [-0.1, -0.05) is 90.1 Å². The van der Waals surface area contributed by atoms with Crippen LogP contribution in [0, 0.1) is 13.8 Å². The maximum absolute atomic E-state index is 11.5.